The number of carboxylic acids is 1. The molecule has 0 heterocycles. The second-order valence-electron chi connectivity index (χ2n) is 0.519. The minimum absolute atomic E-state index is 0. The summed E-state index contributed by atoms with van der Waals surface area (Å²) in [6.07, 6.45) is 0. The monoisotopic (exact) mass is 144 g/mol. The van der Waals surface area contributed by atoms with Gasteiger partial charge in [0.15, 0.2) is 0 Å². The summed E-state index contributed by atoms with van der Waals surface area (Å²) in [6.45, 7) is 1.08. The highest BCUT2D eigenvalue weighted by atomic mass is 16.4. The first-order chi connectivity index (χ1) is 2.73. The Labute approximate surface area is 54.0 Å². The number of hydrogen-bond donors (Lipinski definition) is 4. The molecular weight excluding hydrogens is 128 g/mol. The van der Waals surface area contributed by atoms with Crippen molar-refractivity contribution in [1.82, 2.24) is 12.3 Å². The van der Waals surface area contributed by atoms with Crippen LogP contribution in [0.15, 0.2) is 0 Å². The van der Waals surface area contributed by atoms with Gasteiger partial charge in [-0.05, 0) is 0 Å². The summed E-state index contributed by atoms with van der Waals surface area (Å²) in [5.74, 6) is -0.833. The zero-order valence-electron chi connectivity index (χ0n) is 5.72. The third kappa shape index (κ3) is 433. The number of aliphatic hydroxyl groups is 1. The Bertz CT molecular complexity index is 36.8. The third-order valence-corrected chi connectivity index (χ3v) is 0. The van der Waals surface area contributed by atoms with Crippen LogP contribution >= 0.6 is 0 Å². The van der Waals surface area contributed by atoms with Crippen LogP contribution in [-0.4, -0.2) is 28.8 Å². The maximum atomic E-state index is 9.00. The molecule has 6 nitrogen and oxygen atoms in total. The highest BCUT2D eigenvalue weighted by molar-refractivity contribution is 5.62. The van der Waals surface area contributed by atoms with Crippen molar-refractivity contribution in [1.29, 1.82) is 0 Å². The molecule has 0 fully saturated rings. The molecule has 0 aromatic heterocycles. The zero-order chi connectivity index (χ0) is 5.58. The molecule has 0 unspecified atom stereocenters. The summed E-state index contributed by atoms with van der Waals surface area (Å²) in [6, 6.07) is 0. The minimum Gasteiger partial charge on any atom is -0.481 e. The zero-order valence-corrected chi connectivity index (χ0v) is 5.72. The van der Waals surface area contributed by atoms with Crippen molar-refractivity contribution in [3.05, 3.63) is 0 Å². The van der Waals surface area contributed by atoms with Crippen LogP contribution in [0.2, 0.25) is 0 Å². The SMILES string of the molecule is CC(=O)O.CO.N.N.O. The van der Waals surface area contributed by atoms with Crippen molar-refractivity contribution >= 4 is 5.97 Å². The van der Waals surface area contributed by atoms with Gasteiger partial charge in [0.05, 0.1) is 0 Å². The van der Waals surface area contributed by atoms with E-state index >= 15 is 0 Å². The Morgan fingerprint density at radius 1 is 1.22 bits per heavy atom. The molecule has 0 aliphatic heterocycles. The second kappa shape index (κ2) is 54.5. The average molecular weight is 144 g/mol. The van der Waals surface area contributed by atoms with Crippen molar-refractivity contribution in [3.8, 4) is 0 Å². The lowest BCUT2D eigenvalue weighted by Gasteiger charge is -1.59. The fourth-order valence-corrected chi connectivity index (χ4v) is 0. The van der Waals surface area contributed by atoms with Gasteiger partial charge >= 0.3 is 0 Å². The van der Waals surface area contributed by atoms with Gasteiger partial charge in [-0.1, -0.05) is 0 Å². The molecule has 9 heavy (non-hydrogen) atoms. The normalized spacial score (nSPS) is 3.44. The summed E-state index contributed by atoms with van der Waals surface area (Å²) in [5, 5.41) is 14.4. The number of aliphatic hydroxyl groups excluding tert-OH is 1. The van der Waals surface area contributed by atoms with Gasteiger partial charge in [-0.15, -0.1) is 0 Å². The quantitative estimate of drug-likeness (QED) is 0.349. The van der Waals surface area contributed by atoms with E-state index < -0.39 is 5.97 Å². The van der Waals surface area contributed by atoms with E-state index in [0.29, 0.717) is 0 Å². The van der Waals surface area contributed by atoms with Gasteiger partial charge in [-0.3, -0.25) is 4.79 Å². The molecule has 0 saturated heterocycles. The molecule has 0 aliphatic carbocycles. The van der Waals surface area contributed by atoms with Gasteiger partial charge in [-0.2, -0.15) is 0 Å². The van der Waals surface area contributed by atoms with E-state index in [1.165, 1.54) is 0 Å². The highest BCUT2D eigenvalue weighted by Crippen LogP contribution is 1.42. The molecular formula is C3H16N2O4. The Morgan fingerprint density at radius 2 is 1.22 bits per heavy atom. The second-order valence-corrected chi connectivity index (χ2v) is 0.519. The van der Waals surface area contributed by atoms with Gasteiger partial charge in [0.25, 0.3) is 5.97 Å². The molecule has 0 amide bonds. The lowest BCUT2D eigenvalue weighted by Crippen LogP contribution is -1.78. The van der Waals surface area contributed by atoms with Crippen LogP contribution in [0.1, 0.15) is 6.92 Å². The van der Waals surface area contributed by atoms with Crippen molar-refractivity contribution in [2.75, 3.05) is 7.11 Å². The predicted octanol–water partition coefficient (Wildman–Crippen LogP) is -0.801. The molecule has 0 aromatic rings. The smallest absolute Gasteiger partial charge is 0.300 e. The topological polar surface area (TPSA) is 159 Å². The van der Waals surface area contributed by atoms with E-state index in [1.807, 2.05) is 0 Å². The number of carboxylic acid groups (broad SMARTS) is 1. The Kier molecular flexibility index (Phi) is 246. The van der Waals surface area contributed by atoms with Crippen molar-refractivity contribution in [2.24, 2.45) is 0 Å². The lowest BCUT2D eigenvalue weighted by atomic mass is 10.9. The first-order valence-corrected chi connectivity index (χ1v) is 1.37. The molecule has 6 heteroatoms. The van der Waals surface area contributed by atoms with Crippen LogP contribution in [0.3, 0.4) is 0 Å². The van der Waals surface area contributed by atoms with E-state index in [1.54, 1.807) is 0 Å². The molecule has 0 saturated carbocycles. The van der Waals surface area contributed by atoms with Crippen LogP contribution in [0, 0.1) is 0 Å². The highest BCUT2D eigenvalue weighted by Gasteiger charge is 1.65. The van der Waals surface area contributed by atoms with Crippen LogP contribution in [-0.2, 0) is 4.79 Å². The number of hydrogen-bond acceptors (Lipinski definition) is 4. The van der Waals surface area contributed by atoms with Gasteiger partial charge in [0.2, 0.25) is 0 Å². The molecule has 0 bridgehead atoms. The van der Waals surface area contributed by atoms with Gasteiger partial charge in [0.1, 0.15) is 0 Å². The number of aliphatic carboxylic acids is 1. The number of rotatable bonds is 0. The average Bonchev–Trinajstić information content (AvgIpc) is 1.41. The summed E-state index contributed by atoms with van der Waals surface area (Å²) in [4.78, 5) is 9.00. The van der Waals surface area contributed by atoms with Crippen LogP contribution in [0.4, 0.5) is 0 Å². The first kappa shape index (κ1) is 40.5. The maximum Gasteiger partial charge on any atom is 0.300 e. The van der Waals surface area contributed by atoms with E-state index in [9.17, 15) is 0 Å². The molecule has 0 spiro atoms. The lowest BCUT2D eigenvalue weighted by molar-refractivity contribution is -0.134. The minimum atomic E-state index is -0.833. The van der Waals surface area contributed by atoms with Gasteiger partial charge < -0.3 is 28.0 Å². The molecule has 0 radical (unpaired) electrons. The summed E-state index contributed by atoms with van der Waals surface area (Å²) in [5.41, 5.74) is 0. The van der Waals surface area contributed by atoms with E-state index in [0.717, 1.165) is 14.0 Å². The molecule has 10 N–H and O–H groups in total. The molecule has 0 atom stereocenters. The fourth-order valence-electron chi connectivity index (χ4n) is 0. The molecule has 0 aliphatic rings. The van der Waals surface area contributed by atoms with E-state index in [-0.39, 0.29) is 17.8 Å². The van der Waals surface area contributed by atoms with Crippen molar-refractivity contribution < 1.29 is 20.5 Å². The van der Waals surface area contributed by atoms with Gasteiger partial charge in [-0.25, -0.2) is 0 Å². The fraction of sp³-hybridized carbons (Fsp3) is 0.667. The van der Waals surface area contributed by atoms with Crippen molar-refractivity contribution in [3.63, 3.8) is 0 Å². The Balaban J connectivity index is -0.00000000990. The summed E-state index contributed by atoms with van der Waals surface area (Å²) in [7, 11) is 1.00. The van der Waals surface area contributed by atoms with Crippen LogP contribution in [0.25, 0.3) is 0 Å². The Hall–Kier alpha value is -0.690. The third-order valence-electron chi connectivity index (χ3n) is 0. The first-order valence-electron chi connectivity index (χ1n) is 1.37. The summed E-state index contributed by atoms with van der Waals surface area (Å²) < 4.78 is 0. The molecule has 62 valence electrons. The van der Waals surface area contributed by atoms with Crippen LogP contribution < -0.4 is 12.3 Å². The Morgan fingerprint density at radius 3 is 1.22 bits per heavy atom. The van der Waals surface area contributed by atoms with Crippen molar-refractivity contribution in [2.45, 2.75) is 6.92 Å². The van der Waals surface area contributed by atoms with Crippen LogP contribution in [0.5, 0.6) is 0 Å². The molecule has 0 aromatic carbocycles. The predicted molar refractivity (Wildman–Crippen MR) is 35.1 cm³/mol. The largest absolute Gasteiger partial charge is 0.481 e. The van der Waals surface area contributed by atoms with E-state index in [2.05, 4.69) is 0 Å². The van der Waals surface area contributed by atoms with Gasteiger partial charge in [0, 0.05) is 14.0 Å². The maximum absolute atomic E-state index is 9.00. The van der Waals surface area contributed by atoms with E-state index in [4.69, 9.17) is 15.0 Å². The standard InChI is InChI=1S/C2H4O2.CH4O.2H3N.H2O/c1-2(3)4;1-2;;;/h1H3,(H,3,4);2H,1H3;2*1H3;1H2. The number of carbonyl (C=O) groups is 1. The summed E-state index contributed by atoms with van der Waals surface area (Å²) >= 11 is 0. The molecule has 0 rings (SSSR count).